The number of benzene rings is 1. The molecule has 0 radical (unpaired) electrons. The summed E-state index contributed by atoms with van der Waals surface area (Å²) in [5.41, 5.74) is 2.91. The second kappa shape index (κ2) is 7.42. The second-order valence-corrected chi connectivity index (χ2v) is 7.37. The van der Waals surface area contributed by atoms with Crippen LogP contribution in [0.15, 0.2) is 24.3 Å². The minimum atomic E-state index is 0.215. The average Bonchev–Trinajstić information content (AvgIpc) is 2.40. The first-order valence-corrected chi connectivity index (χ1v) is 8.36. The van der Waals surface area contributed by atoms with E-state index in [2.05, 4.69) is 50.4 Å². The quantitative estimate of drug-likeness (QED) is 0.749. The third kappa shape index (κ3) is 4.82. The van der Waals surface area contributed by atoms with E-state index in [1.54, 1.807) is 0 Å². The lowest BCUT2D eigenvalue weighted by Crippen LogP contribution is -2.23. The molecule has 0 bridgehead atoms. The van der Waals surface area contributed by atoms with Crippen LogP contribution in [-0.4, -0.2) is 20.3 Å². The van der Waals surface area contributed by atoms with Gasteiger partial charge in [0, 0.05) is 6.61 Å². The Morgan fingerprint density at radius 1 is 1.19 bits per heavy atom. The molecular formula is C19H31NO. The first-order chi connectivity index (χ1) is 10.0. The summed E-state index contributed by atoms with van der Waals surface area (Å²) in [6.07, 6.45) is 5.48. The van der Waals surface area contributed by atoms with Crippen molar-refractivity contribution in [1.82, 2.24) is 5.32 Å². The second-order valence-electron chi connectivity index (χ2n) is 7.37. The molecule has 1 unspecified atom stereocenters. The van der Waals surface area contributed by atoms with Gasteiger partial charge in [0.05, 0.1) is 12.6 Å². The molecule has 2 heteroatoms. The fourth-order valence-corrected chi connectivity index (χ4v) is 2.79. The Morgan fingerprint density at radius 3 is 2.33 bits per heavy atom. The van der Waals surface area contributed by atoms with Crippen LogP contribution in [-0.2, 0) is 10.2 Å². The van der Waals surface area contributed by atoms with Crippen molar-refractivity contribution >= 4 is 0 Å². The van der Waals surface area contributed by atoms with Crippen molar-refractivity contribution < 1.29 is 4.74 Å². The minimum Gasteiger partial charge on any atom is -0.379 e. The van der Waals surface area contributed by atoms with Gasteiger partial charge in [-0.25, -0.2) is 0 Å². The Bertz CT molecular complexity index is 414. The molecule has 118 valence electrons. The van der Waals surface area contributed by atoms with E-state index in [0.29, 0.717) is 6.04 Å². The lowest BCUT2D eigenvalue weighted by atomic mass is 9.83. The molecule has 1 aliphatic rings. The maximum atomic E-state index is 5.88. The average molecular weight is 289 g/mol. The fraction of sp³-hybridized carbons (Fsp3) is 0.684. The van der Waals surface area contributed by atoms with Gasteiger partial charge in [0.2, 0.25) is 0 Å². The van der Waals surface area contributed by atoms with Crippen LogP contribution in [0.1, 0.15) is 63.6 Å². The topological polar surface area (TPSA) is 21.3 Å². The number of nitrogens with one attached hydrogen (secondary N) is 1. The van der Waals surface area contributed by atoms with E-state index >= 15 is 0 Å². The van der Waals surface area contributed by atoms with Crippen LogP contribution in [0.5, 0.6) is 0 Å². The van der Waals surface area contributed by atoms with E-state index in [4.69, 9.17) is 4.74 Å². The first-order valence-electron chi connectivity index (χ1n) is 8.36. The molecule has 0 aliphatic heterocycles. The maximum absolute atomic E-state index is 5.88. The highest BCUT2D eigenvalue weighted by Crippen LogP contribution is 2.29. The lowest BCUT2D eigenvalue weighted by molar-refractivity contribution is 0.0904. The van der Waals surface area contributed by atoms with Gasteiger partial charge >= 0.3 is 0 Å². The molecule has 0 saturated heterocycles. The van der Waals surface area contributed by atoms with Crippen LogP contribution in [0.2, 0.25) is 0 Å². The summed E-state index contributed by atoms with van der Waals surface area (Å²) in [6.45, 7) is 8.42. The van der Waals surface area contributed by atoms with E-state index in [-0.39, 0.29) is 5.41 Å². The van der Waals surface area contributed by atoms with Crippen molar-refractivity contribution in [3.05, 3.63) is 35.4 Å². The van der Waals surface area contributed by atoms with Crippen molar-refractivity contribution in [2.24, 2.45) is 5.92 Å². The summed E-state index contributed by atoms with van der Waals surface area (Å²) in [7, 11) is 2.01. The van der Waals surface area contributed by atoms with Gasteiger partial charge < -0.3 is 10.1 Å². The van der Waals surface area contributed by atoms with Crippen molar-refractivity contribution in [3.8, 4) is 0 Å². The van der Waals surface area contributed by atoms with Crippen molar-refractivity contribution in [1.29, 1.82) is 0 Å². The molecule has 1 atom stereocenters. The molecule has 2 nitrogen and oxygen atoms in total. The van der Waals surface area contributed by atoms with E-state index < -0.39 is 0 Å². The normalized spacial score (nSPS) is 17.5. The largest absolute Gasteiger partial charge is 0.379 e. The molecule has 1 aromatic carbocycles. The number of hydrogen-bond donors (Lipinski definition) is 1. The zero-order valence-electron chi connectivity index (χ0n) is 14.1. The Hall–Kier alpha value is -0.860. The molecule has 0 heterocycles. The third-order valence-electron chi connectivity index (χ3n) is 4.71. The standard InChI is InChI=1S/C19H31NO/c1-19(2,3)17-10-8-16(9-11-17)18(20-4)14-21-13-12-15-6-5-7-15/h8-11,15,18,20H,5-7,12-14H2,1-4H3. The van der Waals surface area contributed by atoms with Crippen LogP contribution in [0.4, 0.5) is 0 Å². The van der Waals surface area contributed by atoms with Gasteiger partial charge in [0.1, 0.15) is 0 Å². The highest BCUT2D eigenvalue weighted by atomic mass is 16.5. The van der Waals surface area contributed by atoms with Gasteiger partial charge in [-0.3, -0.25) is 0 Å². The van der Waals surface area contributed by atoms with E-state index in [1.807, 2.05) is 7.05 Å². The highest BCUT2D eigenvalue weighted by molar-refractivity contribution is 5.29. The Labute approximate surface area is 130 Å². The summed E-state index contributed by atoms with van der Waals surface area (Å²) in [5.74, 6) is 0.934. The molecule has 1 aromatic rings. The summed E-state index contributed by atoms with van der Waals surface area (Å²) < 4.78 is 5.88. The Kier molecular flexibility index (Phi) is 5.83. The number of rotatable bonds is 7. The first kappa shape index (κ1) is 16.5. The smallest absolute Gasteiger partial charge is 0.0661 e. The van der Waals surface area contributed by atoms with Crippen LogP contribution in [0.3, 0.4) is 0 Å². The van der Waals surface area contributed by atoms with Gasteiger partial charge in [-0.1, -0.05) is 64.3 Å². The SMILES string of the molecule is CNC(COCCC1CCC1)c1ccc(C(C)(C)C)cc1. The summed E-state index contributed by atoms with van der Waals surface area (Å²) in [5, 5.41) is 3.37. The fourth-order valence-electron chi connectivity index (χ4n) is 2.79. The zero-order valence-corrected chi connectivity index (χ0v) is 14.1. The molecule has 2 rings (SSSR count). The van der Waals surface area contributed by atoms with Crippen molar-refractivity contribution in [2.75, 3.05) is 20.3 Å². The molecule has 1 N–H and O–H groups in total. The molecular weight excluding hydrogens is 258 g/mol. The third-order valence-corrected chi connectivity index (χ3v) is 4.71. The Balaban J connectivity index is 1.81. The molecule has 1 aliphatic carbocycles. The monoisotopic (exact) mass is 289 g/mol. The predicted octanol–water partition coefficient (Wildman–Crippen LogP) is 4.45. The molecule has 1 fully saturated rings. The van der Waals surface area contributed by atoms with Gasteiger partial charge in [-0.05, 0) is 35.9 Å². The number of hydrogen-bond acceptors (Lipinski definition) is 2. The van der Waals surface area contributed by atoms with E-state index in [9.17, 15) is 0 Å². The van der Waals surface area contributed by atoms with Gasteiger partial charge in [-0.2, -0.15) is 0 Å². The lowest BCUT2D eigenvalue weighted by Gasteiger charge is -2.25. The number of ether oxygens (including phenoxy) is 1. The molecule has 0 aromatic heterocycles. The zero-order chi connectivity index (χ0) is 15.3. The number of likely N-dealkylation sites (N-methyl/N-ethyl adjacent to an activating group) is 1. The predicted molar refractivity (Wildman–Crippen MR) is 89.7 cm³/mol. The summed E-state index contributed by atoms with van der Waals surface area (Å²) >= 11 is 0. The maximum Gasteiger partial charge on any atom is 0.0661 e. The van der Waals surface area contributed by atoms with E-state index in [0.717, 1.165) is 19.1 Å². The molecule has 0 spiro atoms. The molecule has 0 amide bonds. The highest BCUT2D eigenvalue weighted by Gasteiger charge is 2.18. The van der Waals surface area contributed by atoms with E-state index in [1.165, 1.54) is 36.8 Å². The van der Waals surface area contributed by atoms with Crippen molar-refractivity contribution in [3.63, 3.8) is 0 Å². The van der Waals surface area contributed by atoms with Crippen LogP contribution >= 0.6 is 0 Å². The van der Waals surface area contributed by atoms with Gasteiger partial charge in [0.15, 0.2) is 0 Å². The summed E-state index contributed by atoms with van der Waals surface area (Å²) in [6, 6.07) is 9.25. The van der Waals surface area contributed by atoms with Gasteiger partial charge in [0.25, 0.3) is 0 Å². The summed E-state index contributed by atoms with van der Waals surface area (Å²) in [4.78, 5) is 0. The molecule has 1 saturated carbocycles. The van der Waals surface area contributed by atoms with Gasteiger partial charge in [-0.15, -0.1) is 0 Å². The van der Waals surface area contributed by atoms with Crippen LogP contribution in [0, 0.1) is 5.92 Å². The van der Waals surface area contributed by atoms with Crippen LogP contribution in [0.25, 0.3) is 0 Å². The minimum absolute atomic E-state index is 0.215. The molecule has 21 heavy (non-hydrogen) atoms. The Morgan fingerprint density at radius 2 is 1.86 bits per heavy atom. The van der Waals surface area contributed by atoms with Crippen molar-refractivity contribution in [2.45, 2.75) is 57.9 Å². The van der Waals surface area contributed by atoms with Crippen LogP contribution < -0.4 is 5.32 Å².